The molecular formula is C26H14BrNO2. The average molecular weight is 452 g/mol. The molecule has 4 heteroatoms. The van der Waals surface area contributed by atoms with E-state index >= 15 is 0 Å². The van der Waals surface area contributed by atoms with Gasteiger partial charge in [0, 0.05) is 26.0 Å². The van der Waals surface area contributed by atoms with E-state index in [0.29, 0.717) is 16.3 Å². The Morgan fingerprint density at radius 2 is 1.13 bits per heavy atom. The van der Waals surface area contributed by atoms with Gasteiger partial charge in [0.25, 0.3) is 11.1 Å². The maximum Gasteiger partial charge on any atom is 0.266 e. The second-order valence-electron chi connectivity index (χ2n) is 7.47. The van der Waals surface area contributed by atoms with Crippen LogP contribution >= 0.6 is 15.9 Å². The largest absolute Gasteiger partial charge is 0.268 e. The number of nitrogens with zero attached hydrogens (tertiary/aromatic N) is 1. The monoisotopic (exact) mass is 451 g/mol. The summed E-state index contributed by atoms with van der Waals surface area (Å²) in [6.45, 7) is 0. The molecular weight excluding hydrogens is 438 g/mol. The van der Waals surface area contributed by atoms with E-state index in [0.717, 1.165) is 37.1 Å². The van der Waals surface area contributed by atoms with Gasteiger partial charge >= 0.3 is 0 Å². The minimum Gasteiger partial charge on any atom is -0.268 e. The quantitative estimate of drug-likeness (QED) is 0.227. The SMILES string of the molecule is O=c1c2ccccc2c2cc(Br)cc3c4cc(-c5ccccc5)ccc4c(=O)n1c23. The highest BCUT2D eigenvalue weighted by Gasteiger charge is 2.18. The van der Waals surface area contributed by atoms with E-state index in [1.807, 2.05) is 66.7 Å². The number of aromatic nitrogens is 1. The minimum atomic E-state index is -0.278. The van der Waals surface area contributed by atoms with E-state index in [4.69, 9.17) is 0 Å². The zero-order valence-corrected chi connectivity index (χ0v) is 17.3. The van der Waals surface area contributed by atoms with E-state index in [1.54, 1.807) is 6.07 Å². The molecule has 4 aromatic carbocycles. The Morgan fingerprint density at radius 3 is 1.87 bits per heavy atom. The van der Waals surface area contributed by atoms with Crippen molar-refractivity contribution in [1.82, 2.24) is 4.40 Å². The number of pyridine rings is 2. The second kappa shape index (κ2) is 6.25. The summed E-state index contributed by atoms with van der Waals surface area (Å²) in [5, 5.41) is 4.56. The molecule has 0 fully saturated rings. The van der Waals surface area contributed by atoms with Crippen LogP contribution in [0.2, 0.25) is 0 Å². The minimum absolute atomic E-state index is 0.274. The third-order valence-electron chi connectivity index (χ3n) is 5.80. The Balaban J connectivity index is 1.91. The van der Waals surface area contributed by atoms with Crippen LogP contribution in [0.1, 0.15) is 0 Å². The Labute approximate surface area is 179 Å². The zero-order chi connectivity index (χ0) is 20.4. The first kappa shape index (κ1) is 17.4. The first-order valence-electron chi connectivity index (χ1n) is 9.65. The van der Waals surface area contributed by atoms with Crippen molar-refractivity contribution in [1.29, 1.82) is 0 Å². The van der Waals surface area contributed by atoms with Crippen LogP contribution < -0.4 is 11.1 Å². The van der Waals surface area contributed by atoms with E-state index in [9.17, 15) is 9.59 Å². The van der Waals surface area contributed by atoms with Crippen LogP contribution in [0.3, 0.4) is 0 Å². The summed E-state index contributed by atoms with van der Waals surface area (Å²) < 4.78 is 2.25. The van der Waals surface area contributed by atoms with Gasteiger partial charge in [0.15, 0.2) is 0 Å². The third-order valence-corrected chi connectivity index (χ3v) is 6.26. The smallest absolute Gasteiger partial charge is 0.266 e. The highest BCUT2D eigenvalue weighted by atomic mass is 79.9. The van der Waals surface area contributed by atoms with Crippen LogP contribution in [-0.4, -0.2) is 4.40 Å². The Hall–Kier alpha value is -3.50. The van der Waals surface area contributed by atoms with Crippen molar-refractivity contribution in [3.8, 4) is 11.1 Å². The molecule has 0 saturated heterocycles. The maximum absolute atomic E-state index is 13.4. The Bertz CT molecular complexity index is 1740. The third kappa shape index (κ3) is 2.31. The van der Waals surface area contributed by atoms with Crippen molar-refractivity contribution < 1.29 is 0 Å². The number of halogens is 1. The molecule has 6 rings (SSSR count). The van der Waals surface area contributed by atoms with Crippen molar-refractivity contribution in [3.05, 3.63) is 110 Å². The van der Waals surface area contributed by atoms with Gasteiger partial charge in [-0.1, -0.05) is 70.5 Å². The van der Waals surface area contributed by atoms with Crippen molar-refractivity contribution in [2.24, 2.45) is 0 Å². The lowest BCUT2D eigenvalue weighted by Gasteiger charge is -2.14. The molecule has 0 unspecified atom stereocenters. The van der Waals surface area contributed by atoms with Gasteiger partial charge < -0.3 is 0 Å². The fraction of sp³-hybridized carbons (Fsp3) is 0. The number of rotatable bonds is 1. The summed E-state index contributed by atoms with van der Waals surface area (Å²) >= 11 is 3.64. The van der Waals surface area contributed by atoms with Crippen molar-refractivity contribution in [2.75, 3.05) is 0 Å². The molecule has 0 amide bonds. The summed E-state index contributed by atoms with van der Waals surface area (Å²) in [5.41, 5.74) is 2.24. The topological polar surface area (TPSA) is 38.5 Å². The molecule has 3 nitrogen and oxygen atoms in total. The van der Waals surface area contributed by atoms with Gasteiger partial charge in [0.05, 0.1) is 5.52 Å². The predicted octanol–water partition coefficient (Wildman–Crippen LogP) is 5.99. The molecule has 0 atom stereocenters. The number of hydrogen-bond acceptors (Lipinski definition) is 2. The van der Waals surface area contributed by atoms with Gasteiger partial charge in [-0.15, -0.1) is 0 Å². The molecule has 30 heavy (non-hydrogen) atoms. The van der Waals surface area contributed by atoms with Gasteiger partial charge in [-0.3, -0.25) is 9.59 Å². The Morgan fingerprint density at radius 1 is 0.533 bits per heavy atom. The van der Waals surface area contributed by atoms with Gasteiger partial charge in [-0.25, -0.2) is 4.40 Å². The molecule has 0 spiro atoms. The lowest BCUT2D eigenvalue weighted by atomic mass is 9.97. The van der Waals surface area contributed by atoms with Gasteiger partial charge in [-0.2, -0.15) is 0 Å². The van der Waals surface area contributed by atoms with Crippen LogP contribution in [0.5, 0.6) is 0 Å². The molecule has 2 heterocycles. The molecule has 142 valence electrons. The van der Waals surface area contributed by atoms with Crippen molar-refractivity contribution in [3.63, 3.8) is 0 Å². The zero-order valence-electron chi connectivity index (χ0n) is 15.7. The molecule has 6 aromatic rings. The van der Waals surface area contributed by atoms with Crippen molar-refractivity contribution in [2.45, 2.75) is 0 Å². The fourth-order valence-corrected chi connectivity index (χ4v) is 4.91. The molecule has 2 aromatic heterocycles. The van der Waals surface area contributed by atoms with Crippen LogP contribution in [-0.2, 0) is 0 Å². The molecule has 0 N–H and O–H groups in total. The van der Waals surface area contributed by atoms with Crippen LogP contribution in [0.4, 0.5) is 0 Å². The highest BCUT2D eigenvalue weighted by molar-refractivity contribution is 9.10. The normalized spacial score (nSPS) is 11.8. The Kier molecular flexibility index (Phi) is 3.62. The lowest BCUT2D eigenvalue weighted by molar-refractivity contribution is 1.09. The van der Waals surface area contributed by atoms with Gasteiger partial charge in [0.1, 0.15) is 0 Å². The van der Waals surface area contributed by atoms with Crippen LogP contribution in [0.15, 0.2) is 99.0 Å². The van der Waals surface area contributed by atoms with E-state index in [1.165, 1.54) is 4.40 Å². The van der Waals surface area contributed by atoms with E-state index in [-0.39, 0.29) is 11.1 Å². The summed E-state index contributed by atoms with van der Waals surface area (Å²) in [6.07, 6.45) is 0. The highest BCUT2D eigenvalue weighted by Crippen LogP contribution is 2.34. The average Bonchev–Trinajstić information content (AvgIpc) is 2.79. The second-order valence-corrected chi connectivity index (χ2v) is 8.38. The molecule has 0 radical (unpaired) electrons. The first-order chi connectivity index (χ1) is 14.6. The predicted molar refractivity (Wildman–Crippen MR) is 127 cm³/mol. The van der Waals surface area contributed by atoms with E-state index < -0.39 is 0 Å². The van der Waals surface area contributed by atoms with Crippen molar-refractivity contribution >= 4 is 53.8 Å². The van der Waals surface area contributed by atoms with Gasteiger partial charge in [0.2, 0.25) is 0 Å². The fourth-order valence-electron chi connectivity index (χ4n) is 4.46. The van der Waals surface area contributed by atoms with Crippen LogP contribution in [0.25, 0.3) is 49.0 Å². The molecule has 0 aliphatic heterocycles. The standard InChI is InChI=1S/C26H14BrNO2/c27-17-13-22-18-8-4-5-9-19(18)25(29)28-24(22)23(14-17)21-12-16(10-11-20(21)26(28)30)15-6-2-1-3-7-15/h1-14H. The maximum atomic E-state index is 13.4. The first-order valence-corrected chi connectivity index (χ1v) is 10.4. The van der Waals surface area contributed by atoms with E-state index in [2.05, 4.69) is 28.1 Å². The summed E-state index contributed by atoms with van der Waals surface area (Å²) in [6, 6.07) is 27.3. The molecule has 0 aliphatic rings. The summed E-state index contributed by atoms with van der Waals surface area (Å²) in [7, 11) is 0. The number of hydrogen-bond donors (Lipinski definition) is 0. The number of fused-ring (bicyclic) bond motifs is 4. The molecule has 0 aliphatic carbocycles. The molecule has 0 saturated carbocycles. The molecule has 0 bridgehead atoms. The summed E-state index contributed by atoms with van der Waals surface area (Å²) in [4.78, 5) is 26.7. The number of benzene rings is 4. The van der Waals surface area contributed by atoms with Crippen LogP contribution in [0, 0.1) is 0 Å². The lowest BCUT2D eigenvalue weighted by Crippen LogP contribution is -2.27. The van der Waals surface area contributed by atoms with Gasteiger partial charge in [-0.05, 0) is 52.2 Å². The summed E-state index contributed by atoms with van der Waals surface area (Å²) in [5.74, 6) is 0.